The van der Waals surface area contributed by atoms with Crippen LogP contribution in [0, 0.1) is 11.7 Å². The first-order valence-electron chi connectivity index (χ1n) is 7.19. The van der Waals surface area contributed by atoms with Gasteiger partial charge in [0.2, 0.25) is 5.91 Å². The van der Waals surface area contributed by atoms with Gasteiger partial charge in [-0.05, 0) is 37.8 Å². The third kappa shape index (κ3) is 4.94. The molecular formula is C15H20Cl3FN2O2. The molecule has 0 aliphatic carbocycles. The number of nitrogens with one attached hydrogen (secondary N) is 1. The number of hydrogen-bond acceptors (Lipinski definition) is 3. The van der Waals surface area contributed by atoms with Crippen LogP contribution >= 0.6 is 35.6 Å². The number of nitrogens with two attached hydrogens (primary N) is 1. The summed E-state index contributed by atoms with van der Waals surface area (Å²) in [6.45, 7) is 2.92. The molecule has 2 atom stereocenters. The summed E-state index contributed by atoms with van der Waals surface area (Å²) in [7, 11) is 0. The zero-order valence-electron chi connectivity index (χ0n) is 12.7. The summed E-state index contributed by atoms with van der Waals surface area (Å²) in [6.07, 6.45) is 1.51. The predicted octanol–water partition coefficient (Wildman–Crippen LogP) is 3.49. The highest BCUT2D eigenvalue weighted by atomic mass is 35.5. The molecule has 0 aromatic heterocycles. The van der Waals surface area contributed by atoms with Crippen LogP contribution in [0.25, 0.3) is 0 Å². The summed E-state index contributed by atoms with van der Waals surface area (Å²) in [5.74, 6) is -0.786. The van der Waals surface area contributed by atoms with E-state index in [1.165, 1.54) is 12.1 Å². The quantitative estimate of drug-likeness (QED) is 0.780. The van der Waals surface area contributed by atoms with Crippen molar-refractivity contribution in [3.05, 3.63) is 33.6 Å². The molecule has 1 aliphatic heterocycles. The van der Waals surface area contributed by atoms with E-state index in [1.54, 1.807) is 6.92 Å². The molecule has 130 valence electrons. The molecule has 0 saturated carbocycles. The van der Waals surface area contributed by atoms with Crippen LogP contribution in [-0.4, -0.2) is 25.2 Å². The van der Waals surface area contributed by atoms with E-state index in [-0.39, 0.29) is 29.3 Å². The Balaban J connectivity index is 0.00000264. The van der Waals surface area contributed by atoms with Crippen molar-refractivity contribution in [2.24, 2.45) is 11.7 Å². The molecule has 23 heavy (non-hydrogen) atoms. The van der Waals surface area contributed by atoms with Crippen LogP contribution in [0.15, 0.2) is 12.1 Å². The van der Waals surface area contributed by atoms with Gasteiger partial charge in [-0.2, -0.15) is 0 Å². The highest BCUT2D eigenvalue weighted by Gasteiger charge is 2.28. The number of amides is 1. The summed E-state index contributed by atoms with van der Waals surface area (Å²) in [6, 6.07) is 1.45. The van der Waals surface area contributed by atoms with E-state index in [0.717, 1.165) is 12.8 Å². The summed E-state index contributed by atoms with van der Waals surface area (Å²) < 4.78 is 18.8. The predicted molar refractivity (Wildman–Crippen MR) is 91.7 cm³/mol. The minimum Gasteiger partial charge on any atom is -0.381 e. The van der Waals surface area contributed by atoms with Crippen LogP contribution in [0.3, 0.4) is 0 Å². The second kappa shape index (κ2) is 9.04. The summed E-state index contributed by atoms with van der Waals surface area (Å²) in [4.78, 5) is 12.3. The molecule has 4 nitrogen and oxygen atoms in total. The Hall–Kier alpha value is -0.590. The monoisotopic (exact) mass is 384 g/mol. The van der Waals surface area contributed by atoms with Gasteiger partial charge in [0.15, 0.2) is 0 Å². The number of ether oxygens (including phenoxy) is 1. The Morgan fingerprint density at radius 2 is 2.00 bits per heavy atom. The first-order chi connectivity index (χ1) is 10.4. The van der Waals surface area contributed by atoms with E-state index in [2.05, 4.69) is 5.32 Å². The van der Waals surface area contributed by atoms with Crippen LogP contribution < -0.4 is 11.1 Å². The smallest absolute Gasteiger partial charge is 0.237 e. The topological polar surface area (TPSA) is 64.4 Å². The number of carbonyl (C=O) groups is 1. The van der Waals surface area contributed by atoms with E-state index < -0.39 is 17.9 Å². The van der Waals surface area contributed by atoms with Crippen LogP contribution in [0.4, 0.5) is 4.39 Å². The number of carbonyl (C=O) groups excluding carboxylic acids is 1. The Morgan fingerprint density at radius 1 is 1.39 bits per heavy atom. The van der Waals surface area contributed by atoms with Crippen LogP contribution in [0.5, 0.6) is 0 Å². The number of benzene rings is 1. The minimum absolute atomic E-state index is 0. The van der Waals surface area contributed by atoms with Crippen LogP contribution in [0.2, 0.25) is 10.0 Å². The number of halogens is 4. The first-order valence-corrected chi connectivity index (χ1v) is 7.94. The normalized spacial score (nSPS) is 18.0. The lowest BCUT2D eigenvalue weighted by atomic mass is 9.91. The van der Waals surface area contributed by atoms with Crippen molar-refractivity contribution >= 4 is 41.5 Å². The Bertz CT molecular complexity index is 554. The van der Waals surface area contributed by atoms with Gasteiger partial charge in [0.1, 0.15) is 5.82 Å². The zero-order valence-corrected chi connectivity index (χ0v) is 15.0. The summed E-state index contributed by atoms with van der Waals surface area (Å²) >= 11 is 12.0. The maximum atomic E-state index is 13.6. The van der Waals surface area contributed by atoms with Gasteiger partial charge < -0.3 is 15.8 Å². The minimum atomic E-state index is -0.627. The third-order valence-electron chi connectivity index (χ3n) is 3.95. The highest BCUT2D eigenvalue weighted by Crippen LogP contribution is 2.32. The van der Waals surface area contributed by atoms with Gasteiger partial charge in [0.05, 0.1) is 17.1 Å². The van der Waals surface area contributed by atoms with E-state index in [1.807, 2.05) is 0 Å². The Labute approximate surface area is 151 Å². The van der Waals surface area contributed by atoms with Crippen molar-refractivity contribution in [2.45, 2.75) is 31.8 Å². The van der Waals surface area contributed by atoms with Crippen molar-refractivity contribution in [2.75, 3.05) is 13.2 Å². The largest absolute Gasteiger partial charge is 0.381 e. The molecule has 0 bridgehead atoms. The van der Waals surface area contributed by atoms with Crippen molar-refractivity contribution in [3.63, 3.8) is 0 Å². The van der Waals surface area contributed by atoms with Gasteiger partial charge in [0, 0.05) is 23.8 Å². The molecule has 0 radical (unpaired) electrons. The fraction of sp³-hybridized carbons (Fsp3) is 0.533. The number of hydrogen-bond donors (Lipinski definition) is 2. The van der Waals surface area contributed by atoms with Crippen molar-refractivity contribution in [3.8, 4) is 0 Å². The molecule has 3 N–H and O–H groups in total. The third-order valence-corrected chi connectivity index (χ3v) is 4.66. The second-order valence-corrected chi connectivity index (χ2v) is 6.25. The number of rotatable bonds is 4. The van der Waals surface area contributed by atoms with Gasteiger partial charge in [-0.15, -0.1) is 12.4 Å². The molecule has 1 saturated heterocycles. The Morgan fingerprint density at radius 3 is 2.61 bits per heavy atom. The average molecular weight is 386 g/mol. The fourth-order valence-electron chi connectivity index (χ4n) is 2.61. The van der Waals surface area contributed by atoms with Gasteiger partial charge >= 0.3 is 0 Å². The SMILES string of the molecule is CC(NC(=O)C(N)C1CCOCC1)c1c(Cl)ccc(F)c1Cl.Cl. The Kier molecular flexibility index (Phi) is 8.04. The van der Waals surface area contributed by atoms with Crippen molar-refractivity contribution in [1.82, 2.24) is 5.32 Å². The molecule has 0 spiro atoms. The van der Waals surface area contributed by atoms with Gasteiger partial charge in [-0.1, -0.05) is 23.2 Å². The molecule has 1 aliphatic rings. The molecule has 1 amide bonds. The van der Waals surface area contributed by atoms with Gasteiger partial charge in [0.25, 0.3) is 0 Å². The van der Waals surface area contributed by atoms with Crippen LogP contribution in [-0.2, 0) is 9.53 Å². The standard InChI is InChI=1S/C15H19Cl2FN2O2.ClH/c1-8(12-10(16)2-3-11(18)13(12)17)20-15(21)14(19)9-4-6-22-7-5-9;/h2-3,8-9,14H,4-7,19H2,1H3,(H,20,21);1H. The maximum absolute atomic E-state index is 13.6. The maximum Gasteiger partial charge on any atom is 0.237 e. The molecule has 2 unspecified atom stereocenters. The lowest BCUT2D eigenvalue weighted by Crippen LogP contribution is -2.47. The molecule has 1 aromatic carbocycles. The van der Waals surface area contributed by atoms with E-state index in [4.69, 9.17) is 33.7 Å². The summed E-state index contributed by atoms with van der Waals surface area (Å²) in [5, 5.41) is 2.98. The van der Waals surface area contributed by atoms with E-state index in [0.29, 0.717) is 23.8 Å². The van der Waals surface area contributed by atoms with Crippen molar-refractivity contribution in [1.29, 1.82) is 0 Å². The molecular weight excluding hydrogens is 366 g/mol. The van der Waals surface area contributed by atoms with Gasteiger partial charge in [-0.25, -0.2) is 4.39 Å². The molecule has 8 heteroatoms. The average Bonchev–Trinajstić information content (AvgIpc) is 2.51. The lowest BCUT2D eigenvalue weighted by molar-refractivity contribution is -0.125. The molecule has 1 heterocycles. The zero-order chi connectivity index (χ0) is 16.3. The van der Waals surface area contributed by atoms with Gasteiger partial charge in [-0.3, -0.25) is 4.79 Å². The second-order valence-electron chi connectivity index (χ2n) is 5.46. The molecule has 2 rings (SSSR count). The van der Waals surface area contributed by atoms with E-state index >= 15 is 0 Å². The molecule has 1 aromatic rings. The van der Waals surface area contributed by atoms with E-state index in [9.17, 15) is 9.18 Å². The van der Waals surface area contributed by atoms with Crippen molar-refractivity contribution < 1.29 is 13.9 Å². The fourth-order valence-corrected chi connectivity index (χ4v) is 3.31. The van der Waals surface area contributed by atoms with Crippen LogP contribution in [0.1, 0.15) is 31.4 Å². The first kappa shape index (κ1) is 20.5. The highest BCUT2D eigenvalue weighted by molar-refractivity contribution is 6.36. The molecule has 1 fully saturated rings. The lowest BCUT2D eigenvalue weighted by Gasteiger charge is -2.28. The summed E-state index contributed by atoms with van der Waals surface area (Å²) in [5.41, 5.74) is 6.37.